The molecule has 2 N–H and O–H groups in total. The molecule has 1 aromatic rings. The van der Waals surface area contributed by atoms with Gasteiger partial charge in [-0.25, -0.2) is 9.59 Å². The lowest BCUT2D eigenvalue weighted by Gasteiger charge is -2.38. The van der Waals surface area contributed by atoms with Crippen molar-refractivity contribution >= 4 is 11.9 Å². The van der Waals surface area contributed by atoms with Gasteiger partial charge in [-0.3, -0.25) is 9.80 Å². The monoisotopic (exact) mass is 396 g/mol. The quantitative estimate of drug-likeness (QED) is 0.677. The van der Waals surface area contributed by atoms with Crippen LogP contribution in [0.15, 0.2) is 18.2 Å². The van der Waals surface area contributed by atoms with Crippen molar-refractivity contribution in [1.82, 2.24) is 9.80 Å². The third kappa shape index (κ3) is 7.36. The first-order chi connectivity index (χ1) is 13.4. The molecule has 0 aliphatic carbocycles. The number of methoxy groups -OCH3 is 2. The van der Waals surface area contributed by atoms with E-state index in [-0.39, 0.29) is 0 Å². The molecule has 1 aliphatic heterocycles. The molecule has 0 bridgehead atoms. The second-order valence-electron chi connectivity index (χ2n) is 6.58. The van der Waals surface area contributed by atoms with E-state index in [4.69, 9.17) is 29.3 Å². The number of benzene rings is 1. The highest BCUT2D eigenvalue weighted by Gasteiger charge is 2.21. The minimum absolute atomic E-state index is 0.753. The second-order valence-corrected chi connectivity index (χ2v) is 6.58. The predicted octanol–water partition coefficient (Wildman–Crippen LogP) is 2.17. The summed E-state index contributed by atoms with van der Waals surface area (Å²) >= 11 is 0. The van der Waals surface area contributed by atoms with Crippen LogP contribution in [0.3, 0.4) is 0 Å². The van der Waals surface area contributed by atoms with Crippen molar-refractivity contribution < 1.29 is 29.3 Å². The molecule has 8 nitrogen and oxygen atoms in total. The maximum Gasteiger partial charge on any atom is 0.414 e. The van der Waals surface area contributed by atoms with Crippen molar-refractivity contribution in [2.24, 2.45) is 0 Å². The van der Waals surface area contributed by atoms with Crippen LogP contribution >= 0.6 is 0 Å². The van der Waals surface area contributed by atoms with Crippen molar-refractivity contribution in [3.05, 3.63) is 23.8 Å². The van der Waals surface area contributed by atoms with Crippen LogP contribution in [0.1, 0.15) is 32.3 Å². The van der Waals surface area contributed by atoms with Crippen LogP contribution < -0.4 is 9.47 Å². The van der Waals surface area contributed by atoms with E-state index in [9.17, 15) is 0 Å². The zero-order valence-electron chi connectivity index (χ0n) is 17.2. The average molecular weight is 396 g/mol. The van der Waals surface area contributed by atoms with Crippen LogP contribution in [0.25, 0.3) is 0 Å². The highest BCUT2D eigenvalue weighted by atomic mass is 16.5. The Kier molecular flexibility index (Phi) is 10.3. The van der Waals surface area contributed by atoms with Gasteiger partial charge in [0.15, 0.2) is 11.5 Å². The van der Waals surface area contributed by atoms with Crippen LogP contribution in [-0.2, 0) is 16.1 Å². The molecule has 1 saturated heterocycles. The van der Waals surface area contributed by atoms with E-state index >= 15 is 0 Å². The van der Waals surface area contributed by atoms with Crippen LogP contribution in [0.4, 0.5) is 0 Å². The molecule has 1 heterocycles. The number of piperazine rings is 1. The summed E-state index contributed by atoms with van der Waals surface area (Å²) in [5.41, 5.74) is 1.29. The fourth-order valence-electron chi connectivity index (χ4n) is 3.33. The molecule has 0 amide bonds. The minimum atomic E-state index is -1.82. The molecule has 2 rings (SSSR count). The molecule has 0 aromatic heterocycles. The number of carboxylic acids is 2. The zero-order valence-corrected chi connectivity index (χ0v) is 17.2. The van der Waals surface area contributed by atoms with Gasteiger partial charge in [0, 0.05) is 38.8 Å². The standard InChI is InChI=1S/C18H30N2O2.C2H2O4/c1-5-16(6-2)20-11-9-19(10-12-20)14-15-7-8-17(21-3)18(13-15)22-4;3-1(4)2(5)6/h7-8,13,16H,5-6,9-12,14H2,1-4H3;(H,3,4)(H,5,6). The first-order valence-electron chi connectivity index (χ1n) is 9.49. The normalized spacial score (nSPS) is 14.9. The van der Waals surface area contributed by atoms with Gasteiger partial charge in [0.1, 0.15) is 0 Å². The number of carboxylic acid groups (broad SMARTS) is 2. The van der Waals surface area contributed by atoms with Gasteiger partial charge in [0.2, 0.25) is 0 Å². The summed E-state index contributed by atoms with van der Waals surface area (Å²) in [6.07, 6.45) is 2.51. The number of hydrogen-bond acceptors (Lipinski definition) is 6. The number of ether oxygens (including phenoxy) is 2. The van der Waals surface area contributed by atoms with Gasteiger partial charge in [0.05, 0.1) is 14.2 Å². The maximum absolute atomic E-state index is 9.10. The first kappa shape index (κ1) is 23.7. The molecule has 0 unspecified atom stereocenters. The van der Waals surface area contributed by atoms with E-state index in [1.165, 1.54) is 31.5 Å². The largest absolute Gasteiger partial charge is 0.493 e. The molecule has 0 atom stereocenters. The van der Waals surface area contributed by atoms with Crippen molar-refractivity contribution in [3.8, 4) is 11.5 Å². The second kappa shape index (κ2) is 12.2. The van der Waals surface area contributed by atoms with E-state index in [2.05, 4.69) is 35.8 Å². The van der Waals surface area contributed by atoms with Crippen molar-refractivity contribution in [2.45, 2.75) is 39.3 Å². The molecule has 1 aromatic carbocycles. The lowest BCUT2D eigenvalue weighted by Crippen LogP contribution is -2.49. The van der Waals surface area contributed by atoms with E-state index in [0.717, 1.165) is 37.2 Å². The predicted molar refractivity (Wildman–Crippen MR) is 106 cm³/mol. The summed E-state index contributed by atoms with van der Waals surface area (Å²) in [4.78, 5) is 23.4. The Morgan fingerprint density at radius 2 is 1.50 bits per heavy atom. The van der Waals surface area contributed by atoms with Crippen molar-refractivity contribution in [2.75, 3.05) is 40.4 Å². The van der Waals surface area contributed by atoms with E-state index in [1.807, 2.05) is 6.07 Å². The van der Waals surface area contributed by atoms with Crippen molar-refractivity contribution in [1.29, 1.82) is 0 Å². The highest BCUT2D eigenvalue weighted by molar-refractivity contribution is 6.27. The summed E-state index contributed by atoms with van der Waals surface area (Å²) in [7, 11) is 3.37. The average Bonchev–Trinajstić information content (AvgIpc) is 2.70. The summed E-state index contributed by atoms with van der Waals surface area (Å²) in [5.74, 6) is -2.04. The highest BCUT2D eigenvalue weighted by Crippen LogP contribution is 2.28. The maximum atomic E-state index is 9.10. The lowest BCUT2D eigenvalue weighted by molar-refractivity contribution is -0.159. The molecule has 1 aliphatic rings. The van der Waals surface area contributed by atoms with Crippen LogP contribution in [0.5, 0.6) is 11.5 Å². The van der Waals surface area contributed by atoms with Crippen LogP contribution in [-0.4, -0.2) is 78.4 Å². The van der Waals surface area contributed by atoms with Gasteiger partial charge < -0.3 is 19.7 Å². The number of carbonyl (C=O) groups is 2. The van der Waals surface area contributed by atoms with Gasteiger partial charge in [0.25, 0.3) is 0 Å². The Morgan fingerprint density at radius 1 is 0.964 bits per heavy atom. The van der Waals surface area contributed by atoms with Gasteiger partial charge in [-0.2, -0.15) is 0 Å². The number of rotatable bonds is 7. The molecule has 0 radical (unpaired) electrons. The van der Waals surface area contributed by atoms with Crippen LogP contribution in [0, 0.1) is 0 Å². The molecule has 1 fully saturated rings. The van der Waals surface area contributed by atoms with Gasteiger partial charge >= 0.3 is 11.9 Å². The zero-order chi connectivity index (χ0) is 21.1. The Balaban J connectivity index is 0.000000568. The molecule has 28 heavy (non-hydrogen) atoms. The minimum Gasteiger partial charge on any atom is -0.493 e. The molecular formula is C20H32N2O6. The molecule has 0 saturated carbocycles. The number of aliphatic carboxylic acids is 2. The molecule has 8 heteroatoms. The third-order valence-corrected chi connectivity index (χ3v) is 4.90. The van der Waals surface area contributed by atoms with E-state index in [0.29, 0.717) is 0 Å². The van der Waals surface area contributed by atoms with Crippen molar-refractivity contribution in [3.63, 3.8) is 0 Å². The lowest BCUT2D eigenvalue weighted by atomic mass is 10.1. The Hall–Kier alpha value is -2.32. The molecule has 0 spiro atoms. The number of hydrogen-bond donors (Lipinski definition) is 2. The topological polar surface area (TPSA) is 99.5 Å². The van der Waals surface area contributed by atoms with Crippen LogP contribution in [0.2, 0.25) is 0 Å². The Morgan fingerprint density at radius 3 is 1.93 bits per heavy atom. The van der Waals surface area contributed by atoms with Gasteiger partial charge in [-0.15, -0.1) is 0 Å². The smallest absolute Gasteiger partial charge is 0.414 e. The fraction of sp³-hybridized carbons (Fsp3) is 0.600. The molecular weight excluding hydrogens is 364 g/mol. The fourth-order valence-corrected chi connectivity index (χ4v) is 3.33. The summed E-state index contributed by atoms with van der Waals surface area (Å²) in [5, 5.41) is 14.8. The Labute approximate surface area is 166 Å². The van der Waals surface area contributed by atoms with E-state index < -0.39 is 11.9 Å². The SMILES string of the molecule is CCC(CC)N1CCN(Cc2ccc(OC)c(OC)c2)CC1.O=C(O)C(=O)O. The summed E-state index contributed by atoms with van der Waals surface area (Å²) < 4.78 is 10.7. The third-order valence-electron chi connectivity index (χ3n) is 4.90. The van der Waals surface area contributed by atoms with E-state index in [1.54, 1.807) is 14.2 Å². The summed E-state index contributed by atoms with van der Waals surface area (Å²) in [6.45, 7) is 10.2. The van der Waals surface area contributed by atoms with Gasteiger partial charge in [-0.05, 0) is 30.5 Å². The number of nitrogens with zero attached hydrogens (tertiary/aromatic N) is 2. The first-order valence-corrected chi connectivity index (χ1v) is 9.49. The summed E-state index contributed by atoms with van der Waals surface area (Å²) in [6, 6.07) is 6.97. The molecule has 158 valence electrons. The Bertz CT molecular complexity index is 613. The van der Waals surface area contributed by atoms with Gasteiger partial charge in [-0.1, -0.05) is 19.9 Å².